The Labute approximate surface area is 146 Å². The predicted molar refractivity (Wildman–Crippen MR) is 88.6 cm³/mol. The lowest BCUT2D eigenvalue weighted by Gasteiger charge is -2.03. The van der Waals surface area contributed by atoms with Crippen LogP contribution in [-0.2, 0) is 0 Å². The van der Waals surface area contributed by atoms with Crippen molar-refractivity contribution >= 4 is 11.9 Å². The molecule has 130 valence electrons. The SMILES string of the molecule is Cc1cc(-c2nnc(NC(=O)c3cccc(-n4cnnn4)c3)o2)c(C)o1. The van der Waals surface area contributed by atoms with E-state index in [4.69, 9.17) is 8.83 Å². The highest BCUT2D eigenvalue weighted by Gasteiger charge is 2.17. The van der Waals surface area contributed by atoms with Crippen LogP contribution in [0.5, 0.6) is 0 Å². The molecule has 10 heteroatoms. The van der Waals surface area contributed by atoms with E-state index in [2.05, 4.69) is 31.0 Å². The fraction of sp³-hybridized carbons (Fsp3) is 0.125. The van der Waals surface area contributed by atoms with Gasteiger partial charge in [0, 0.05) is 5.56 Å². The first-order valence-corrected chi connectivity index (χ1v) is 7.66. The van der Waals surface area contributed by atoms with Crippen molar-refractivity contribution in [3.05, 3.63) is 53.7 Å². The Bertz CT molecular complexity index is 1070. The molecule has 26 heavy (non-hydrogen) atoms. The summed E-state index contributed by atoms with van der Waals surface area (Å²) in [5.41, 5.74) is 1.74. The number of hydrogen-bond acceptors (Lipinski definition) is 8. The summed E-state index contributed by atoms with van der Waals surface area (Å²) in [5.74, 6) is 1.28. The van der Waals surface area contributed by atoms with E-state index >= 15 is 0 Å². The number of carbonyl (C=O) groups excluding carboxylic acids is 1. The van der Waals surface area contributed by atoms with E-state index in [-0.39, 0.29) is 11.9 Å². The summed E-state index contributed by atoms with van der Waals surface area (Å²) in [7, 11) is 0. The summed E-state index contributed by atoms with van der Waals surface area (Å²) >= 11 is 0. The third kappa shape index (κ3) is 2.95. The zero-order valence-corrected chi connectivity index (χ0v) is 13.9. The van der Waals surface area contributed by atoms with Crippen LogP contribution in [0, 0.1) is 13.8 Å². The van der Waals surface area contributed by atoms with Crippen LogP contribution in [0.4, 0.5) is 6.01 Å². The summed E-state index contributed by atoms with van der Waals surface area (Å²) in [6, 6.07) is 8.60. The molecule has 0 saturated heterocycles. The van der Waals surface area contributed by atoms with Gasteiger partial charge in [0.25, 0.3) is 11.8 Å². The molecular formula is C16H13N7O3. The van der Waals surface area contributed by atoms with Crippen molar-refractivity contribution < 1.29 is 13.6 Å². The van der Waals surface area contributed by atoms with Crippen molar-refractivity contribution in [2.75, 3.05) is 5.32 Å². The Kier molecular flexibility index (Phi) is 3.77. The Balaban J connectivity index is 1.54. The molecule has 3 heterocycles. The molecule has 4 aromatic rings. The number of tetrazole rings is 1. The highest BCUT2D eigenvalue weighted by Crippen LogP contribution is 2.26. The first kappa shape index (κ1) is 15.7. The van der Waals surface area contributed by atoms with Gasteiger partial charge in [-0.25, -0.2) is 4.68 Å². The second-order valence-electron chi connectivity index (χ2n) is 5.50. The van der Waals surface area contributed by atoms with E-state index in [1.807, 2.05) is 6.92 Å². The Morgan fingerprint density at radius 1 is 1.15 bits per heavy atom. The molecule has 4 rings (SSSR count). The summed E-state index contributed by atoms with van der Waals surface area (Å²) in [6.45, 7) is 3.63. The summed E-state index contributed by atoms with van der Waals surface area (Å²) in [4.78, 5) is 12.4. The molecule has 0 radical (unpaired) electrons. The van der Waals surface area contributed by atoms with Gasteiger partial charge in [-0.2, -0.15) is 0 Å². The minimum absolute atomic E-state index is 0.00363. The number of carbonyl (C=O) groups is 1. The number of rotatable bonds is 4. The molecule has 1 N–H and O–H groups in total. The molecule has 1 amide bonds. The average molecular weight is 351 g/mol. The zero-order chi connectivity index (χ0) is 18.1. The number of furan rings is 1. The van der Waals surface area contributed by atoms with E-state index in [0.717, 1.165) is 5.76 Å². The molecule has 0 aliphatic rings. The normalized spacial score (nSPS) is 10.8. The fourth-order valence-corrected chi connectivity index (χ4v) is 2.46. The van der Waals surface area contributed by atoms with Crippen molar-refractivity contribution in [2.24, 2.45) is 0 Å². The van der Waals surface area contributed by atoms with Crippen molar-refractivity contribution in [1.82, 2.24) is 30.4 Å². The topological polar surface area (TPSA) is 125 Å². The van der Waals surface area contributed by atoms with Crippen LogP contribution in [0.1, 0.15) is 21.9 Å². The molecular weight excluding hydrogens is 338 g/mol. The van der Waals surface area contributed by atoms with E-state index in [9.17, 15) is 4.79 Å². The monoisotopic (exact) mass is 351 g/mol. The largest absolute Gasteiger partial charge is 0.466 e. The van der Waals surface area contributed by atoms with Gasteiger partial charge in [-0.15, -0.1) is 10.2 Å². The van der Waals surface area contributed by atoms with Gasteiger partial charge in [-0.1, -0.05) is 11.2 Å². The molecule has 3 aromatic heterocycles. The maximum atomic E-state index is 12.4. The molecule has 0 atom stereocenters. The Morgan fingerprint density at radius 3 is 2.77 bits per heavy atom. The van der Waals surface area contributed by atoms with Crippen LogP contribution in [0.2, 0.25) is 0 Å². The maximum Gasteiger partial charge on any atom is 0.322 e. The second-order valence-corrected chi connectivity index (χ2v) is 5.50. The van der Waals surface area contributed by atoms with Crippen LogP contribution in [0.3, 0.4) is 0 Å². The molecule has 0 aliphatic heterocycles. The van der Waals surface area contributed by atoms with Crippen LogP contribution < -0.4 is 5.32 Å². The number of anilines is 1. The van der Waals surface area contributed by atoms with Crippen LogP contribution in [0.25, 0.3) is 17.1 Å². The van der Waals surface area contributed by atoms with Crippen molar-refractivity contribution in [2.45, 2.75) is 13.8 Å². The smallest absolute Gasteiger partial charge is 0.322 e. The quantitative estimate of drug-likeness (QED) is 0.593. The Hall–Kier alpha value is -3.82. The number of amides is 1. The summed E-state index contributed by atoms with van der Waals surface area (Å²) in [5, 5.41) is 21.3. The molecule has 0 spiro atoms. The highest BCUT2D eigenvalue weighted by atomic mass is 16.4. The molecule has 10 nitrogen and oxygen atoms in total. The van der Waals surface area contributed by atoms with Crippen LogP contribution in [-0.4, -0.2) is 36.3 Å². The van der Waals surface area contributed by atoms with Crippen molar-refractivity contribution in [3.8, 4) is 17.1 Å². The lowest BCUT2D eigenvalue weighted by atomic mass is 10.2. The van der Waals surface area contributed by atoms with Gasteiger partial charge >= 0.3 is 6.01 Å². The average Bonchev–Trinajstić information content (AvgIpc) is 3.36. The lowest BCUT2D eigenvalue weighted by molar-refractivity contribution is 0.102. The second kappa shape index (κ2) is 6.24. The lowest BCUT2D eigenvalue weighted by Crippen LogP contribution is -2.12. The van der Waals surface area contributed by atoms with Gasteiger partial charge in [-0.3, -0.25) is 10.1 Å². The first-order valence-electron chi connectivity index (χ1n) is 7.66. The van der Waals surface area contributed by atoms with Gasteiger partial charge < -0.3 is 8.83 Å². The van der Waals surface area contributed by atoms with Crippen LogP contribution >= 0.6 is 0 Å². The van der Waals surface area contributed by atoms with Gasteiger partial charge in [0.05, 0.1) is 11.3 Å². The Morgan fingerprint density at radius 2 is 2.04 bits per heavy atom. The predicted octanol–water partition coefficient (Wildman–Crippen LogP) is 2.17. The number of nitrogens with one attached hydrogen (secondary N) is 1. The molecule has 0 saturated carbocycles. The third-order valence-corrected chi connectivity index (χ3v) is 3.64. The number of benzene rings is 1. The van der Waals surface area contributed by atoms with E-state index in [0.29, 0.717) is 22.6 Å². The fourth-order valence-electron chi connectivity index (χ4n) is 2.46. The molecule has 0 fully saturated rings. The van der Waals surface area contributed by atoms with E-state index < -0.39 is 5.91 Å². The number of aromatic nitrogens is 6. The molecule has 0 bridgehead atoms. The van der Waals surface area contributed by atoms with Gasteiger partial charge in [0.15, 0.2) is 0 Å². The van der Waals surface area contributed by atoms with E-state index in [1.54, 1.807) is 37.3 Å². The first-order chi connectivity index (χ1) is 12.6. The summed E-state index contributed by atoms with van der Waals surface area (Å²) < 4.78 is 12.4. The molecule has 0 unspecified atom stereocenters. The number of nitrogens with zero attached hydrogens (tertiary/aromatic N) is 6. The summed E-state index contributed by atoms with van der Waals surface area (Å²) in [6.07, 6.45) is 1.44. The molecule has 0 aliphatic carbocycles. The standard InChI is InChI=1S/C16H13N7O3/c1-9-6-13(10(2)25-9)15-19-20-16(26-15)18-14(24)11-4-3-5-12(7-11)23-8-17-21-22-23/h3-8H,1-2H3,(H,18,20,24). The number of hydrogen-bond donors (Lipinski definition) is 1. The van der Waals surface area contributed by atoms with E-state index in [1.165, 1.54) is 11.0 Å². The molecule has 1 aromatic carbocycles. The highest BCUT2D eigenvalue weighted by molar-refractivity contribution is 6.03. The third-order valence-electron chi connectivity index (χ3n) is 3.64. The van der Waals surface area contributed by atoms with Crippen molar-refractivity contribution in [3.63, 3.8) is 0 Å². The minimum atomic E-state index is -0.393. The van der Waals surface area contributed by atoms with Crippen LogP contribution in [0.15, 0.2) is 45.5 Å². The van der Waals surface area contributed by atoms with Gasteiger partial charge in [0.2, 0.25) is 0 Å². The minimum Gasteiger partial charge on any atom is -0.466 e. The van der Waals surface area contributed by atoms with Crippen molar-refractivity contribution in [1.29, 1.82) is 0 Å². The van der Waals surface area contributed by atoms with Gasteiger partial charge in [-0.05, 0) is 48.5 Å². The number of aryl methyl sites for hydroxylation is 2. The maximum absolute atomic E-state index is 12.4. The zero-order valence-electron chi connectivity index (χ0n) is 13.9. The van der Waals surface area contributed by atoms with Gasteiger partial charge in [0.1, 0.15) is 17.8 Å².